The number of aromatic amines is 1. The van der Waals surface area contributed by atoms with Crippen molar-refractivity contribution in [2.45, 2.75) is 17.5 Å². The van der Waals surface area contributed by atoms with E-state index in [0.29, 0.717) is 5.56 Å². The van der Waals surface area contributed by atoms with E-state index in [9.17, 15) is 9.59 Å². The van der Waals surface area contributed by atoms with E-state index in [0.717, 1.165) is 22.2 Å². The van der Waals surface area contributed by atoms with Crippen molar-refractivity contribution < 1.29 is 19.1 Å². The van der Waals surface area contributed by atoms with E-state index in [2.05, 4.69) is 20.8 Å². The Balaban J connectivity index is 1.78. The molecule has 0 fully saturated rings. The lowest BCUT2D eigenvalue weighted by Crippen LogP contribution is -2.63. The number of benzene rings is 2. The molecule has 3 heterocycles. The third-order valence-corrected chi connectivity index (χ3v) is 5.97. The minimum Gasteiger partial charge on any atom is -0.467 e. The van der Waals surface area contributed by atoms with E-state index >= 15 is 0 Å². The lowest BCUT2D eigenvalue weighted by atomic mass is 9.73. The summed E-state index contributed by atoms with van der Waals surface area (Å²) in [6.45, 7) is 0. The van der Waals surface area contributed by atoms with Gasteiger partial charge in [-0.2, -0.15) is 5.10 Å². The summed E-state index contributed by atoms with van der Waals surface area (Å²) in [6.07, 6.45) is 1.79. The second-order valence-electron chi connectivity index (χ2n) is 7.33. The fraction of sp³-hybridized carbons (Fsp3) is 0.227. The number of carbonyl (C=O) groups excluding carboxylic acids is 2. The molecule has 3 atom stereocenters. The molecule has 0 saturated heterocycles. The number of anilines is 1. The number of hydrogen-bond acceptors (Lipinski definition) is 7. The molecule has 0 unspecified atom stereocenters. The number of hydrogen-bond donors (Lipinski definition) is 3. The smallest absolute Gasteiger partial charge is 0.354 e. The molecule has 0 aliphatic carbocycles. The quantitative estimate of drug-likeness (QED) is 0.579. The standard InChI is InChI=1S/C22H20N4O4/c1-29-20(27)18-17-13-8-4-6-10-16(13)24-19(17)22(26-25-18,21(28)30-2)14-11-23-15-9-5-3-7-12(14)15/h3-11,17,19,23-24,26H,1-2H3/t17-,19-,22+/m1/s1. The summed E-state index contributed by atoms with van der Waals surface area (Å²) in [4.78, 5) is 29.1. The largest absolute Gasteiger partial charge is 0.467 e. The zero-order chi connectivity index (χ0) is 20.9. The van der Waals surface area contributed by atoms with Crippen LogP contribution in [0.4, 0.5) is 5.69 Å². The van der Waals surface area contributed by atoms with Crippen molar-refractivity contribution in [3.8, 4) is 0 Å². The minimum atomic E-state index is -1.37. The Morgan fingerprint density at radius 2 is 1.80 bits per heavy atom. The van der Waals surface area contributed by atoms with Gasteiger partial charge >= 0.3 is 11.9 Å². The summed E-state index contributed by atoms with van der Waals surface area (Å²) in [5.41, 5.74) is 5.10. The van der Waals surface area contributed by atoms with E-state index in [4.69, 9.17) is 9.47 Å². The highest BCUT2D eigenvalue weighted by Crippen LogP contribution is 2.48. The molecule has 0 amide bonds. The van der Waals surface area contributed by atoms with Crippen LogP contribution in [0.2, 0.25) is 0 Å². The van der Waals surface area contributed by atoms with E-state index < -0.39 is 29.4 Å². The van der Waals surface area contributed by atoms with Crippen molar-refractivity contribution in [2.24, 2.45) is 5.10 Å². The number of H-pyrrole nitrogens is 1. The first-order valence-corrected chi connectivity index (χ1v) is 9.55. The lowest BCUT2D eigenvalue weighted by molar-refractivity contribution is -0.150. The summed E-state index contributed by atoms with van der Waals surface area (Å²) in [5.74, 6) is -1.55. The average molecular weight is 404 g/mol. The number of ether oxygens (including phenoxy) is 2. The number of carbonyl (C=O) groups is 2. The van der Waals surface area contributed by atoms with Crippen LogP contribution < -0.4 is 10.7 Å². The number of methoxy groups -OCH3 is 2. The average Bonchev–Trinajstić information content (AvgIpc) is 3.40. The van der Waals surface area contributed by atoms with Gasteiger partial charge < -0.3 is 19.8 Å². The first-order chi connectivity index (χ1) is 14.6. The van der Waals surface area contributed by atoms with Gasteiger partial charge in [-0.1, -0.05) is 36.4 Å². The van der Waals surface area contributed by atoms with Crippen molar-refractivity contribution in [1.82, 2.24) is 10.4 Å². The van der Waals surface area contributed by atoms with Gasteiger partial charge in [0.15, 0.2) is 11.3 Å². The predicted molar refractivity (Wildman–Crippen MR) is 111 cm³/mol. The molecule has 0 saturated carbocycles. The number of esters is 2. The van der Waals surface area contributed by atoms with Crippen molar-refractivity contribution in [1.29, 1.82) is 0 Å². The number of nitrogens with one attached hydrogen (secondary N) is 3. The van der Waals surface area contributed by atoms with Crippen LogP contribution in [-0.4, -0.2) is 42.9 Å². The third kappa shape index (κ3) is 2.30. The van der Waals surface area contributed by atoms with Gasteiger partial charge in [0.05, 0.1) is 26.2 Å². The molecule has 0 bridgehead atoms. The van der Waals surface area contributed by atoms with Gasteiger partial charge in [0.1, 0.15) is 0 Å². The Bertz CT molecular complexity index is 1200. The maximum absolute atomic E-state index is 13.3. The molecule has 2 aliphatic heterocycles. The third-order valence-electron chi connectivity index (χ3n) is 5.97. The van der Waals surface area contributed by atoms with Crippen molar-refractivity contribution in [3.63, 3.8) is 0 Å². The van der Waals surface area contributed by atoms with E-state index in [1.54, 1.807) is 6.20 Å². The molecule has 8 nitrogen and oxygen atoms in total. The Morgan fingerprint density at radius 1 is 1.03 bits per heavy atom. The highest BCUT2D eigenvalue weighted by atomic mass is 16.5. The molecular formula is C22H20N4O4. The summed E-state index contributed by atoms with van der Waals surface area (Å²) in [6, 6.07) is 14.8. The zero-order valence-corrected chi connectivity index (χ0v) is 16.4. The number of hydrazone groups is 1. The Labute approximate surface area is 172 Å². The maximum atomic E-state index is 13.3. The van der Waals surface area contributed by atoms with Gasteiger partial charge in [0.25, 0.3) is 0 Å². The number of rotatable bonds is 3. The van der Waals surface area contributed by atoms with E-state index in [-0.39, 0.29) is 5.71 Å². The van der Waals surface area contributed by atoms with Crippen LogP contribution in [0, 0.1) is 0 Å². The van der Waals surface area contributed by atoms with Gasteiger partial charge in [-0.3, -0.25) is 5.43 Å². The molecule has 8 heteroatoms. The summed E-state index contributed by atoms with van der Waals surface area (Å²) in [5, 5.41) is 8.67. The highest BCUT2D eigenvalue weighted by Gasteiger charge is 2.60. The number of fused-ring (bicyclic) bond motifs is 4. The summed E-state index contributed by atoms with van der Waals surface area (Å²) in [7, 11) is 2.66. The fourth-order valence-corrected chi connectivity index (χ4v) is 4.63. The second kappa shape index (κ2) is 6.62. The van der Waals surface area contributed by atoms with Gasteiger partial charge in [0, 0.05) is 28.4 Å². The van der Waals surface area contributed by atoms with Crippen LogP contribution >= 0.6 is 0 Å². The van der Waals surface area contributed by atoms with Crippen LogP contribution in [0.5, 0.6) is 0 Å². The first-order valence-electron chi connectivity index (χ1n) is 9.55. The normalized spacial score (nSPS) is 24.1. The Kier molecular flexibility index (Phi) is 4.02. The molecule has 0 spiro atoms. The van der Waals surface area contributed by atoms with Crippen molar-refractivity contribution >= 4 is 34.2 Å². The molecule has 30 heavy (non-hydrogen) atoms. The SMILES string of the molecule is COC(=O)C1=NN[C@@](C(=O)OC)(c2c[nH]c3ccccc23)[C@@H]2Nc3ccccc3[C@H]12. The topological polar surface area (TPSA) is 105 Å². The molecule has 2 aromatic carbocycles. The summed E-state index contributed by atoms with van der Waals surface area (Å²) >= 11 is 0. The van der Waals surface area contributed by atoms with Crippen LogP contribution in [0.1, 0.15) is 17.0 Å². The zero-order valence-electron chi connectivity index (χ0n) is 16.4. The van der Waals surface area contributed by atoms with E-state index in [1.807, 2.05) is 48.5 Å². The van der Waals surface area contributed by atoms with Crippen molar-refractivity contribution in [3.05, 3.63) is 65.9 Å². The molecule has 152 valence electrons. The molecular weight excluding hydrogens is 384 g/mol. The molecule has 2 aliphatic rings. The number of aromatic nitrogens is 1. The molecule has 0 radical (unpaired) electrons. The van der Waals surface area contributed by atoms with Crippen LogP contribution in [0.15, 0.2) is 59.8 Å². The van der Waals surface area contributed by atoms with Crippen LogP contribution in [0.25, 0.3) is 10.9 Å². The van der Waals surface area contributed by atoms with Gasteiger partial charge in [0.2, 0.25) is 0 Å². The van der Waals surface area contributed by atoms with Crippen LogP contribution in [0.3, 0.4) is 0 Å². The monoisotopic (exact) mass is 404 g/mol. The van der Waals surface area contributed by atoms with Gasteiger partial charge in [-0.25, -0.2) is 9.59 Å². The molecule has 1 aromatic heterocycles. The van der Waals surface area contributed by atoms with Gasteiger partial charge in [-0.15, -0.1) is 0 Å². The van der Waals surface area contributed by atoms with Crippen LogP contribution in [-0.2, 0) is 24.6 Å². The number of para-hydroxylation sites is 2. The molecule has 3 N–H and O–H groups in total. The molecule has 5 rings (SSSR count). The van der Waals surface area contributed by atoms with Crippen molar-refractivity contribution in [2.75, 3.05) is 19.5 Å². The Morgan fingerprint density at radius 3 is 2.60 bits per heavy atom. The lowest BCUT2D eigenvalue weighted by Gasteiger charge is -2.42. The fourth-order valence-electron chi connectivity index (χ4n) is 4.63. The maximum Gasteiger partial charge on any atom is 0.354 e. The van der Waals surface area contributed by atoms with Gasteiger partial charge in [-0.05, 0) is 17.7 Å². The van der Waals surface area contributed by atoms with E-state index in [1.165, 1.54) is 14.2 Å². The number of nitrogens with zero attached hydrogens (tertiary/aromatic N) is 1. The first kappa shape index (κ1) is 18.2. The Hall–Kier alpha value is -3.81. The molecule has 3 aromatic rings. The second-order valence-corrected chi connectivity index (χ2v) is 7.33. The highest BCUT2D eigenvalue weighted by molar-refractivity contribution is 6.39. The minimum absolute atomic E-state index is 0.208. The predicted octanol–water partition coefficient (Wildman–Crippen LogP) is 2.25. The summed E-state index contributed by atoms with van der Waals surface area (Å²) < 4.78 is 10.2.